The molecule has 0 radical (unpaired) electrons. The summed E-state index contributed by atoms with van der Waals surface area (Å²) in [6.45, 7) is 7.61. The van der Waals surface area contributed by atoms with Gasteiger partial charge in [-0.1, -0.05) is 60.2 Å². The molecule has 2 atom stereocenters. The second-order valence-corrected chi connectivity index (χ2v) is 8.79. The quantitative estimate of drug-likeness (QED) is 0.688. The normalized spacial score (nSPS) is 21.1. The Labute approximate surface area is 184 Å². The Balaban J connectivity index is 1.79. The van der Waals surface area contributed by atoms with Crippen LogP contribution in [-0.2, 0) is 14.3 Å². The summed E-state index contributed by atoms with van der Waals surface area (Å²) >= 11 is 0. The maximum absolute atomic E-state index is 13.5. The van der Waals surface area contributed by atoms with E-state index in [-0.39, 0.29) is 23.8 Å². The van der Waals surface area contributed by atoms with E-state index in [1.54, 1.807) is 0 Å². The molecule has 0 spiro atoms. The van der Waals surface area contributed by atoms with Crippen molar-refractivity contribution in [3.63, 3.8) is 0 Å². The molecule has 1 heterocycles. The first-order valence-electron chi connectivity index (χ1n) is 10.9. The van der Waals surface area contributed by atoms with Gasteiger partial charge in [0.2, 0.25) is 0 Å². The van der Waals surface area contributed by atoms with Gasteiger partial charge < -0.3 is 10.1 Å². The van der Waals surface area contributed by atoms with E-state index < -0.39 is 5.92 Å². The number of ether oxygens (including phenoxy) is 1. The number of carbonyl (C=O) groups excluding carboxylic acids is 2. The summed E-state index contributed by atoms with van der Waals surface area (Å²) in [6, 6.07) is 18.3. The number of carbonyl (C=O) groups is 2. The maximum atomic E-state index is 13.5. The molecule has 2 aromatic rings. The number of aryl methyl sites for hydroxylation is 1. The summed E-state index contributed by atoms with van der Waals surface area (Å²) in [5.41, 5.74) is 6.17. The highest BCUT2D eigenvalue weighted by Gasteiger charge is 2.41. The van der Waals surface area contributed by atoms with Crippen LogP contribution in [-0.4, -0.2) is 17.9 Å². The van der Waals surface area contributed by atoms with Crippen molar-refractivity contribution >= 4 is 11.8 Å². The highest BCUT2D eigenvalue weighted by molar-refractivity contribution is 6.04. The lowest BCUT2D eigenvalue weighted by molar-refractivity contribution is -0.143. The molecule has 0 fully saturated rings. The fraction of sp³-hybridized carbons (Fsp3) is 0.333. The van der Waals surface area contributed by atoms with Gasteiger partial charge in [-0.3, -0.25) is 4.79 Å². The zero-order chi connectivity index (χ0) is 22.1. The topological polar surface area (TPSA) is 55.4 Å². The van der Waals surface area contributed by atoms with E-state index in [2.05, 4.69) is 17.4 Å². The molecule has 160 valence electrons. The van der Waals surface area contributed by atoms with E-state index in [0.717, 1.165) is 28.9 Å². The molecule has 2 aromatic carbocycles. The van der Waals surface area contributed by atoms with Crippen molar-refractivity contribution in [3.05, 3.63) is 93.8 Å². The Kier molecular flexibility index (Phi) is 5.81. The molecule has 4 rings (SSSR count). The lowest BCUT2D eigenvalue weighted by Crippen LogP contribution is -2.36. The number of hydrogen-bond acceptors (Lipinski definition) is 4. The molecule has 2 aliphatic rings. The second-order valence-electron chi connectivity index (χ2n) is 8.79. The summed E-state index contributed by atoms with van der Waals surface area (Å²) < 4.78 is 5.57. The average molecular weight is 416 g/mol. The maximum Gasteiger partial charge on any atom is 0.337 e. The lowest BCUT2D eigenvalue weighted by Gasteiger charge is -2.37. The molecule has 2 unspecified atom stereocenters. The van der Waals surface area contributed by atoms with Crippen molar-refractivity contribution in [2.45, 2.75) is 58.5 Å². The number of hydrogen-bond donors (Lipinski definition) is 1. The third kappa shape index (κ3) is 4.20. The van der Waals surface area contributed by atoms with Crippen molar-refractivity contribution in [2.24, 2.45) is 0 Å². The van der Waals surface area contributed by atoms with Gasteiger partial charge in [0.05, 0.1) is 11.7 Å². The van der Waals surface area contributed by atoms with Crippen LogP contribution in [0.1, 0.15) is 62.1 Å². The number of rotatable bonds is 4. The summed E-state index contributed by atoms with van der Waals surface area (Å²) in [7, 11) is 0. The highest BCUT2D eigenvalue weighted by atomic mass is 16.5. The van der Waals surface area contributed by atoms with Crippen LogP contribution in [0.4, 0.5) is 0 Å². The van der Waals surface area contributed by atoms with Crippen LogP contribution in [0.2, 0.25) is 0 Å². The van der Waals surface area contributed by atoms with Gasteiger partial charge in [-0.05, 0) is 51.2 Å². The van der Waals surface area contributed by atoms with Crippen LogP contribution in [0, 0.1) is 6.92 Å². The summed E-state index contributed by atoms with van der Waals surface area (Å²) in [4.78, 5) is 26.6. The van der Waals surface area contributed by atoms with Crippen molar-refractivity contribution < 1.29 is 14.3 Å². The lowest BCUT2D eigenvalue weighted by atomic mass is 9.71. The Bertz CT molecular complexity index is 1060. The van der Waals surface area contributed by atoms with Gasteiger partial charge in [-0.2, -0.15) is 0 Å². The number of Topliss-reactive ketones (excluding diaryl/α,β-unsaturated/α-hetero) is 1. The number of dihydropyridines is 1. The first kappa shape index (κ1) is 21.1. The van der Waals surface area contributed by atoms with Gasteiger partial charge in [-0.25, -0.2) is 4.79 Å². The zero-order valence-electron chi connectivity index (χ0n) is 18.6. The highest BCUT2D eigenvalue weighted by Crippen LogP contribution is 2.45. The van der Waals surface area contributed by atoms with Crippen LogP contribution >= 0.6 is 0 Å². The Morgan fingerprint density at radius 3 is 2.29 bits per heavy atom. The standard InChI is InChI=1S/C27H29NO3/c1-16(2)31-27(30)24-18(4)28-22-14-21(19-8-6-5-7-9-19)15-23(29)26(22)25(24)20-12-10-17(3)11-13-20/h5-13,16,21,25,28H,14-15H2,1-4H3. The molecule has 0 amide bonds. The van der Waals surface area contributed by atoms with Gasteiger partial charge in [0.15, 0.2) is 5.78 Å². The minimum absolute atomic E-state index is 0.0931. The fourth-order valence-corrected chi connectivity index (χ4v) is 4.64. The predicted octanol–water partition coefficient (Wildman–Crippen LogP) is 5.31. The smallest absolute Gasteiger partial charge is 0.337 e. The number of nitrogens with one attached hydrogen (secondary N) is 1. The van der Waals surface area contributed by atoms with Crippen molar-refractivity contribution in [2.75, 3.05) is 0 Å². The van der Waals surface area contributed by atoms with Crippen molar-refractivity contribution in [1.82, 2.24) is 5.32 Å². The van der Waals surface area contributed by atoms with E-state index >= 15 is 0 Å². The minimum Gasteiger partial charge on any atom is -0.460 e. The van der Waals surface area contributed by atoms with Gasteiger partial charge >= 0.3 is 5.97 Å². The van der Waals surface area contributed by atoms with Crippen LogP contribution in [0.25, 0.3) is 0 Å². The minimum atomic E-state index is -0.410. The third-order valence-corrected chi connectivity index (χ3v) is 6.07. The van der Waals surface area contributed by atoms with Crippen molar-refractivity contribution in [1.29, 1.82) is 0 Å². The molecule has 1 N–H and O–H groups in total. The summed E-state index contributed by atoms with van der Waals surface area (Å²) in [5.74, 6) is -0.548. The number of allylic oxidation sites excluding steroid dienone is 3. The van der Waals surface area contributed by atoms with E-state index in [1.165, 1.54) is 5.56 Å². The SMILES string of the molecule is CC1=C(C(=O)OC(C)C)C(c2ccc(C)cc2)C2=C(CC(c3ccccc3)CC2=O)N1. The first-order chi connectivity index (χ1) is 14.8. The molecule has 4 nitrogen and oxygen atoms in total. The second kappa shape index (κ2) is 8.54. The first-order valence-corrected chi connectivity index (χ1v) is 10.9. The molecule has 0 bridgehead atoms. The molecule has 0 saturated carbocycles. The predicted molar refractivity (Wildman–Crippen MR) is 121 cm³/mol. The average Bonchev–Trinajstić information content (AvgIpc) is 2.73. The molecular weight excluding hydrogens is 386 g/mol. The molecule has 31 heavy (non-hydrogen) atoms. The molecule has 0 aromatic heterocycles. The van der Waals surface area contributed by atoms with E-state index in [0.29, 0.717) is 17.6 Å². The van der Waals surface area contributed by atoms with E-state index in [4.69, 9.17) is 4.74 Å². The van der Waals surface area contributed by atoms with E-state index in [1.807, 2.05) is 70.2 Å². The fourth-order valence-electron chi connectivity index (χ4n) is 4.64. The Morgan fingerprint density at radius 2 is 1.65 bits per heavy atom. The molecule has 1 aliphatic heterocycles. The largest absolute Gasteiger partial charge is 0.460 e. The van der Waals surface area contributed by atoms with Gasteiger partial charge in [0.1, 0.15) is 0 Å². The summed E-state index contributed by atoms with van der Waals surface area (Å²) in [5, 5.41) is 3.40. The van der Waals surface area contributed by atoms with Crippen LogP contribution < -0.4 is 5.32 Å². The zero-order valence-corrected chi connectivity index (χ0v) is 18.6. The molecule has 1 aliphatic carbocycles. The number of benzene rings is 2. The van der Waals surface area contributed by atoms with Gasteiger partial charge in [-0.15, -0.1) is 0 Å². The number of ketones is 1. The van der Waals surface area contributed by atoms with Gasteiger partial charge in [0, 0.05) is 29.3 Å². The molecule has 0 saturated heterocycles. The van der Waals surface area contributed by atoms with Crippen molar-refractivity contribution in [3.8, 4) is 0 Å². The van der Waals surface area contributed by atoms with Crippen LogP contribution in [0.3, 0.4) is 0 Å². The molecular formula is C27H29NO3. The molecule has 4 heteroatoms. The van der Waals surface area contributed by atoms with E-state index in [9.17, 15) is 9.59 Å². The Hall–Kier alpha value is -3.14. The monoisotopic (exact) mass is 415 g/mol. The summed E-state index contributed by atoms with van der Waals surface area (Å²) in [6.07, 6.45) is 0.960. The third-order valence-electron chi connectivity index (χ3n) is 6.07. The van der Waals surface area contributed by atoms with Crippen LogP contribution in [0.5, 0.6) is 0 Å². The van der Waals surface area contributed by atoms with Crippen LogP contribution in [0.15, 0.2) is 77.1 Å². The van der Waals surface area contributed by atoms with Gasteiger partial charge in [0.25, 0.3) is 0 Å². The Morgan fingerprint density at radius 1 is 0.968 bits per heavy atom. The number of esters is 1.